The third-order valence-corrected chi connectivity index (χ3v) is 3.94. The summed E-state index contributed by atoms with van der Waals surface area (Å²) in [7, 11) is 2.23. The van der Waals surface area contributed by atoms with Crippen LogP contribution < -0.4 is 5.32 Å². The number of alkyl halides is 1. The molecule has 0 spiro atoms. The molecule has 0 amide bonds. The second kappa shape index (κ2) is 5.51. The summed E-state index contributed by atoms with van der Waals surface area (Å²) in [5.74, 6) is 0.777. The molecular formula is C10H21IN2. The van der Waals surface area contributed by atoms with Crippen LogP contribution >= 0.6 is 22.6 Å². The molecule has 13 heavy (non-hydrogen) atoms. The highest BCUT2D eigenvalue weighted by Crippen LogP contribution is 2.17. The van der Waals surface area contributed by atoms with E-state index in [2.05, 4.69) is 53.7 Å². The Morgan fingerprint density at radius 2 is 2.23 bits per heavy atom. The summed E-state index contributed by atoms with van der Waals surface area (Å²) in [5.41, 5.74) is 0. The molecule has 0 aliphatic carbocycles. The van der Waals surface area contributed by atoms with Crippen molar-refractivity contribution in [2.24, 2.45) is 5.92 Å². The fourth-order valence-corrected chi connectivity index (χ4v) is 2.74. The number of rotatable bonds is 4. The Hall–Kier alpha value is 0.650. The largest absolute Gasteiger partial charge is 0.312 e. The van der Waals surface area contributed by atoms with Crippen molar-refractivity contribution in [2.45, 2.75) is 30.2 Å². The van der Waals surface area contributed by atoms with E-state index >= 15 is 0 Å². The lowest BCUT2D eigenvalue weighted by Crippen LogP contribution is -2.40. The lowest BCUT2D eigenvalue weighted by molar-refractivity contribution is 0.273. The van der Waals surface area contributed by atoms with Crippen LogP contribution in [0.2, 0.25) is 0 Å². The highest BCUT2D eigenvalue weighted by Gasteiger charge is 2.24. The van der Waals surface area contributed by atoms with Crippen LogP contribution in [-0.4, -0.2) is 41.5 Å². The van der Waals surface area contributed by atoms with Crippen LogP contribution in [0.5, 0.6) is 0 Å². The number of halogens is 1. The second-order valence-electron chi connectivity index (χ2n) is 4.48. The minimum Gasteiger partial charge on any atom is -0.312 e. The minimum absolute atomic E-state index is 0.712. The van der Waals surface area contributed by atoms with Crippen molar-refractivity contribution in [1.82, 2.24) is 10.2 Å². The molecule has 1 N–H and O–H groups in total. The van der Waals surface area contributed by atoms with E-state index in [1.807, 2.05) is 0 Å². The van der Waals surface area contributed by atoms with Gasteiger partial charge in [-0.25, -0.2) is 0 Å². The standard InChI is InChI=1S/C10H21IN2/c1-8(2)6-13(3)7-10-9(11)4-5-12-10/h8-10,12H,4-7H2,1-3H3/t9-,10?/m0/s1. The van der Waals surface area contributed by atoms with E-state index in [0.29, 0.717) is 6.04 Å². The molecule has 1 aliphatic rings. The van der Waals surface area contributed by atoms with Gasteiger partial charge in [-0.1, -0.05) is 36.4 Å². The van der Waals surface area contributed by atoms with Crippen molar-refractivity contribution in [1.29, 1.82) is 0 Å². The molecule has 2 atom stereocenters. The first-order valence-electron chi connectivity index (χ1n) is 5.15. The Labute approximate surface area is 95.6 Å². The van der Waals surface area contributed by atoms with Crippen LogP contribution in [0.15, 0.2) is 0 Å². The zero-order valence-electron chi connectivity index (χ0n) is 8.89. The normalized spacial score (nSPS) is 29.1. The molecule has 1 heterocycles. The van der Waals surface area contributed by atoms with Gasteiger partial charge in [-0.15, -0.1) is 0 Å². The molecule has 0 bridgehead atoms. The third-order valence-electron chi connectivity index (χ3n) is 2.45. The fraction of sp³-hybridized carbons (Fsp3) is 1.00. The predicted molar refractivity (Wildman–Crippen MR) is 66.6 cm³/mol. The van der Waals surface area contributed by atoms with Gasteiger partial charge in [0.15, 0.2) is 0 Å². The van der Waals surface area contributed by atoms with Crippen LogP contribution in [0.3, 0.4) is 0 Å². The second-order valence-corrected chi connectivity index (χ2v) is 6.08. The Bertz CT molecular complexity index is 150. The first kappa shape index (κ1) is 11.7. The van der Waals surface area contributed by atoms with Gasteiger partial charge in [0.05, 0.1) is 0 Å². The first-order valence-corrected chi connectivity index (χ1v) is 6.40. The van der Waals surface area contributed by atoms with Crippen LogP contribution in [0, 0.1) is 5.92 Å². The zero-order chi connectivity index (χ0) is 9.84. The van der Waals surface area contributed by atoms with Crippen molar-refractivity contribution in [3.05, 3.63) is 0 Å². The Morgan fingerprint density at radius 1 is 1.54 bits per heavy atom. The van der Waals surface area contributed by atoms with Gasteiger partial charge in [-0.3, -0.25) is 0 Å². The highest BCUT2D eigenvalue weighted by atomic mass is 127. The molecule has 1 saturated heterocycles. The van der Waals surface area contributed by atoms with Gasteiger partial charge in [-0.05, 0) is 25.9 Å². The van der Waals surface area contributed by atoms with Crippen LogP contribution in [0.4, 0.5) is 0 Å². The lowest BCUT2D eigenvalue weighted by atomic mass is 10.2. The van der Waals surface area contributed by atoms with E-state index in [1.54, 1.807) is 0 Å². The summed E-state index contributed by atoms with van der Waals surface area (Å²) in [6, 6.07) is 0.712. The van der Waals surface area contributed by atoms with Crippen molar-refractivity contribution < 1.29 is 0 Å². The van der Waals surface area contributed by atoms with Crippen LogP contribution in [-0.2, 0) is 0 Å². The minimum atomic E-state index is 0.712. The molecule has 78 valence electrons. The SMILES string of the molecule is CC(C)CN(C)CC1NCC[C@@H]1I. The summed E-state index contributed by atoms with van der Waals surface area (Å²) in [6.45, 7) is 8.17. The molecule has 0 aromatic heterocycles. The third kappa shape index (κ3) is 4.13. The summed E-state index contributed by atoms with van der Waals surface area (Å²) in [6.07, 6.45) is 1.33. The number of hydrogen-bond donors (Lipinski definition) is 1. The first-order chi connectivity index (χ1) is 6.09. The maximum absolute atomic E-state index is 3.56. The predicted octanol–water partition coefficient (Wildman–Crippen LogP) is 1.74. The molecule has 1 fully saturated rings. The van der Waals surface area contributed by atoms with E-state index in [-0.39, 0.29) is 0 Å². The monoisotopic (exact) mass is 296 g/mol. The Balaban J connectivity index is 2.22. The summed E-state index contributed by atoms with van der Waals surface area (Å²) in [4.78, 5) is 2.44. The summed E-state index contributed by atoms with van der Waals surface area (Å²) in [5, 5.41) is 3.56. The Kier molecular flexibility index (Phi) is 4.97. The van der Waals surface area contributed by atoms with E-state index in [9.17, 15) is 0 Å². The van der Waals surface area contributed by atoms with E-state index < -0.39 is 0 Å². The fourth-order valence-electron chi connectivity index (χ4n) is 1.95. The highest BCUT2D eigenvalue weighted by molar-refractivity contribution is 14.1. The van der Waals surface area contributed by atoms with Crippen LogP contribution in [0.1, 0.15) is 20.3 Å². The lowest BCUT2D eigenvalue weighted by Gasteiger charge is -2.24. The molecule has 3 heteroatoms. The quantitative estimate of drug-likeness (QED) is 0.628. The maximum Gasteiger partial charge on any atom is 0.0313 e. The number of likely N-dealkylation sites (N-methyl/N-ethyl adjacent to an activating group) is 1. The molecule has 0 saturated carbocycles. The van der Waals surface area contributed by atoms with E-state index in [4.69, 9.17) is 0 Å². The van der Waals surface area contributed by atoms with Gasteiger partial charge >= 0.3 is 0 Å². The van der Waals surface area contributed by atoms with Gasteiger partial charge in [0.2, 0.25) is 0 Å². The molecule has 0 aromatic carbocycles. The van der Waals surface area contributed by atoms with Crippen LogP contribution in [0.25, 0.3) is 0 Å². The molecule has 1 unspecified atom stereocenters. The number of nitrogens with zero attached hydrogens (tertiary/aromatic N) is 1. The van der Waals surface area contributed by atoms with Crippen molar-refractivity contribution in [2.75, 3.05) is 26.7 Å². The Morgan fingerprint density at radius 3 is 2.69 bits per heavy atom. The molecule has 2 nitrogen and oxygen atoms in total. The van der Waals surface area contributed by atoms with Gasteiger partial charge in [-0.2, -0.15) is 0 Å². The van der Waals surface area contributed by atoms with Gasteiger partial charge in [0, 0.05) is 23.1 Å². The van der Waals surface area contributed by atoms with Crippen molar-refractivity contribution >= 4 is 22.6 Å². The molecule has 1 rings (SSSR count). The summed E-state index contributed by atoms with van der Waals surface area (Å²) < 4.78 is 0.826. The number of nitrogens with one attached hydrogen (secondary N) is 1. The van der Waals surface area contributed by atoms with Gasteiger partial charge in [0.1, 0.15) is 0 Å². The van der Waals surface area contributed by atoms with E-state index in [0.717, 1.165) is 9.84 Å². The van der Waals surface area contributed by atoms with Gasteiger partial charge < -0.3 is 10.2 Å². The smallest absolute Gasteiger partial charge is 0.0313 e. The summed E-state index contributed by atoms with van der Waals surface area (Å²) >= 11 is 2.57. The van der Waals surface area contributed by atoms with Crippen molar-refractivity contribution in [3.8, 4) is 0 Å². The molecule has 0 aromatic rings. The zero-order valence-corrected chi connectivity index (χ0v) is 11.0. The van der Waals surface area contributed by atoms with Crippen molar-refractivity contribution in [3.63, 3.8) is 0 Å². The topological polar surface area (TPSA) is 15.3 Å². The molecule has 0 radical (unpaired) electrons. The maximum atomic E-state index is 3.56. The van der Waals surface area contributed by atoms with Gasteiger partial charge in [0.25, 0.3) is 0 Å². The van der Waals surface area contributed by atoms with E-state index in [1.165, 1.54) is 26.1 Å². The average Bonchev–Trinajstić information content (AvgIpc) is 2.34. The molecule has 1 aliphatic heterocycles. The number of hydrogen-bond acceptors (Lipinski definition) is 2. The molecular weight excluding hydrogens is 275 g/mol. The average molecular weight is 296 g/mol.